The van der Waals surface area contributed by atoms with Crippen LogP contribution in [-0.2, 0) is 0 Å². The molecule has 0 aromatic rings. The first kappa shape index (κ1) is 11.1. The van der Waals surface area contributed by atoms with Crippen LogP contribution in [0.15, 0.2) is 0 Å². The van der Waals surface area contributed by atoms with Gasteiger partial charge in [0.05, 0.1) is 0 Å². The molecule has 1 aliphatic rings. The van der Waals surface area contributed by atoms with Crippen molar-refractivity contribution in [2.45, 2.75) is 59.8 Å². The molecule has 0 aromatic heterocycles. The second-order valence-corrected chi connectivity index (χ2v) is 4.99. The van der Waals surface area contributed by atoms with Gasteiger partial charge in [-0.15, -0.1) is 0 Å². The molecule has 78 valence electrons. The van der Waals surface area contributed by atoms with Crippen LogP contribution in [0.5, 0.6) is 0 Å². The van der Waals surface area contributed by atoms with E-state index >= 15 is 0 Å². The van der Waals surface area contributed by atoms with Gasteiger partial charge in [-0.25, -0.2) is 0 Å². The molecule has 0 heteroatoms. The molecule has 0 heterocycles. The molecule has 1 saturated carbocycles. The van der Waals surface area contributed by atoms with Crippen molar-refractivity contribution in [2.24, 2.45) is 23.7 Å². The predicted molar refractivity (Wildman–Crippen MR) is 59.7 cm³/mol. The lowest BCUT2D eigenvalue weighted by Gasteiger charge is -2.13. The summed E-state index contributed by atoms with van der Waals surface area (Å²) in [6.45, 7) is 9.43. The Hall–Kier alpha value is 0. The standard InChI is InChI=1S/C13H26/c1-5-10(4)8-12-9-13(12)11(6-2)7-3/h10-13H,5-9H2,1-4H3. The Labute approximate surface area is 84.1 Å². The van der Waals surface area contributed by atoms with E-state index in [0.29, 0.717) is 0 Å². The summed E-state index contributed by atoms with van der Waals surface area (Å²) in [6, 6.07) is 0. The Morgan fingerprint density at radius 2 is 1.69 bits per heavy atom. The SMILES string of the molecule is CCC(C)CC1CC1C(CC)CC. The zero-order valence-electron chi connectivity index (χ0n) is 9.84. The smallest absolute Gasteiger partial charge is 0.0355 e. The lowest BCUT2D eigenvalue weighted by atomic mass is 9.93. The van der Waals surface area contributed by atoms with Gasteiger partial charge in [-0.3, -0.25) is 0 Å². The maximum Gasteiger partial charge on any atom is -0.0355 e. The highest BCUT2D eigenvalue weighted by atomic mass is 14.5. The molecule has 13 heavy (non-hydrogen) atoms. The molecular weight excluding hydrogens is 156 g/mol. The number of hydrogen-bond donors (Lipinski definition) is 0. The van der Waals surface area contributed by atoms with Crippen molar-refractivity contribution in [1.29, 1.82) is 0 Å². The highest BCUT2D eigenvalue weighted by Gasteiger charge is 2.41. The predicted octanol–water partition coefficient (Wildman–Crippen LogP) is 4.49. The molecule has 1 rings (SSSR count). The first-order valence-corrected chi connectivity index (χ1v) is 6.22. The normalized spacial score (nSPS) is 29.3. The fourth-order valence-electron chi connectivity index (χ4n) is 2.70. The van der Waals surface area contributed by atoms with Crippen LogP contribution in [0, 0.1) is 23.7 Å². The summed E-state index contributed by atoms with van der Waals surface area (Å²) in [5.74, 6) is 4.20. The van der Waals surface area contributed by atoms with Gasteiger partial charge in [0.25, 0.3) is 0 Å². The van der Waals surface area contributed by atoms with Gasteiger partial charge in [-0.1, -0.05) is 47.0 Å². The zero-order valence-corrected chi connectivity index (χ0v) is 9.84. The Bertz CT molecular complexity index is 135. The summed E-state index contributed by atoms with van der Waals surface area (Å²) >= 11 is 0. The van der Waals surface area contributed by atoms with Gasteiger partial charge < -0.3 is 0 Å². The fourth-order valence-corrected chi connectivity index (χ4v) is 2.70. The molecule has 0 spiro atoms. The van der Waals surface area contributed by atoms with Crippen LogP contribution in [-0.4, -0.2) is 0 Å². The Kier molecular flexibility index (Phi) is 4.28. The van der Waals surface area contributed by atoms with Crippen LogP contribution < -0.4 is 0 Å². The van der Waals surface area contributed by atoms with Crippen molar-refractivity contribution in [1.82, 2.24) is 0 Å². The molecule has 3 atom stereocenters. The Morgan fingerprint density at radius 1 is 1.08 bits per heavy atom. The van der Waals surface area contributed by atoms with E-state index in [4.69, 9.17) is 0 Å². The molecular formula is C13H26. The van der Waals surface area contributed by atoms with Gasteiger partial charge in [-0.05, 0) is 36.5 Å². The molecule has 1 fully saturated rings. The molecule has 0 N–H and O–H groups in total. The monoisotopic (exact) mass is 182 g/mol. The minimum absolute atomic E-state index is 0.962. The summed E-state index contributed by atoms with van der Waals surface area (Å²) < 4.78 is 0. The van der Waals surface area contributed by atoms with Gasteiger partial charge in [0.2, 0.25) is 0 Å². The summed E-state index contributed by atoms with van der Waals surface area (Å²) in [4.78, 5) is 0. The van der Waals surface area contributed by atoms with E-state index in [1.54, 1.807) is 0 Å². The van der Waals surface area contributed by atoms with E-state index in [1.165, 1.54) is 32.1 Å². The van der Waals surface area contributed by atoms with Crippen molar-refractivity contribution in [3.05, 3.63) is 0 Å². The number of rotatable bonds is 6. The highest BCUT2D eigenvalue weighted by molar-refractivity contribution is 4.90. The third-order valence-electron chi connectivity index (χ3n) is 4.03. The number of hydrogen-bond acceptors (Lipinski definition) is 0. The lowest BCUT2D eigenvalue weighted by Crippen LogP contribution is -2.03. The Morgan fingerprint density at radius 3 is 2.15 bits per heavy atom. The average Bonchev–Trinajstić information content (AvgIpc) is 2.86. The third kappa shape index (κ3) is 3.00. The van der Waals surface area contributed by atoms with Crippen LogP contribution in [0.25, 0.3) is 0 Å². The molecule has 1 aliphatic carbocycles. The van der Waals surface area contributed by atoms with Crippen LogP contribution in [0.2, 0.25) is 0 Å². The largest absolute Gasteiger partial charge is 0.0651 e. The van der Waals surface area contributed by atoms with Gasteiger partial charge in [-0.2, -0.15) is 0 Å². The fraction of sp³-hybridized carbons (Fsp3) is 1.00. The molecule has 0 bridgehead atoms. The van der Waals surface area contributed by atoms with E-state index < -0.39 is 0 Å². The molecule has 0 amide bonds. The van der Waals surface area contributed by atoms with Crippen molar-refractivity contribution in [3.63, 3.8) is 0 Å². The maximum absolute atomic E-state index is 2.41. The minimum atomic E-state index is 0.962. The summed E-state index contributed by atoms with van der Waals surface area (Å²) in [7, 11) is 0. The molecule has 0 nitrogen and oxygen atoms in total. The molecule has 0 aliphatic heterocycles. The zero-order chi connectivity index (χ0) is 9.84. The molecule has 3 unspecified atom stereocenters. The molecule has 0 aromatic carbocycles. The minimum Gasteiger partial charge on any atom is -0.0651 e. The first-order chi connectivity index (χ1) is 6.22. The van der Waals surface area contributed by atoms with Crippen LogP contribution in [0.1, 0.15) is 59.8 Å². The quantitative estimate of drug-likeness (QED) is 0.567. The van der Waals surface area contributed by atoms with E-state index in [1.807, 2.05) is 0 Å². The second-order valence-electron chi connectivity index (χ2n) is 4.99. The van der Waals surface area contributed by atoms with Crippen molar-refractivity contribution >= 4 is 0 Å². The van der Waals surface area contributed by atoms with Gasteiger partial charge >= 0.3 is 0 Å². The first-order valence-electron chi connectivity index (χ1n) is 6.22. The van der Waals surface area contributed by atoms with Crippen LogP contribution in [0.4, 0.5) is 0 Å². The third-order valence-corrected chi connectivity index (χ3v) is 4.03. The van der Waals surface area contributed by atoms with E-state index in [-0.39, 0.29) is 0 Å². The van der Waals surface area contributed by atoms with Gasteiger partial charge in [0.15, 0.2) is 0 Å². The molecule has 0 radical (unpaired) electrons. The van der Waals surface area contributed by atoms with E-state index in [9.17, 15) is 0 Å². The van der Waals surface area contributed by atoms with E-state index in [2.05, 4.69) is 27.7 Å². The van der Waals surface area contributed by atoms with Crippen LogP contribution >= 0.6 is 0 Å². The highest BCUT2D eigenvalue weighted by Crippen LogP contribution is 2.50. The summed E-state index contributed by atoms with van der Waals surface area (Å²) in [5, 5.41) is 0. The van der Waals surface area contributed by atoms with Gasteiger partial charge in [0, 0.05) is 0 Å². The average molecular weight is 182 g/mol. The second kappa shape index (κ2) is 5.02. The Balaban J connectivity index is 2.21. The molecule has 0 saturated heterocycles. The van der Waals surface area contributed by atoms with Crippen molar-refractivity contribution in [2.75, 3.05) is 0 Å². The van der Waals surface area contributed by atoms with Gasteiger partial charge in [0.1, 0.15) is 0 Å². The summed E-state index contributed by atoms with van der Waals surface area (Å²) in [6.07, 6.45) is 7.21. The van der Waals surface area contributed by atoms with Crippen molar-refractivity contribution < 1.29 is 0 Å². The van der Waals surface area contributed by atoms with Crippen LogP contribution in [0.3, 0.4) is 0 Å². The summed E-state index contributed by atoms with van der Waals surface area (Å²) in [5.41, 5.74) is 0. The van der Waals surface area contributed by atoms with Crippen molar-refractivity contribution in [3.8, 4) is 0 Å². The topological polar surface area (TPSA) is 0 Å². The van der Waals surface area contributed by atoms with E-state index in [0.717, 1.165) is 23.7 Å². The lowest BCUT2D eigenvalue weighted by molar-refractivity contribution is 0.377. The maximum atomic E-state index is 2.41.